The second kappa shape index (κ2) is 18.8. The molecule has 0 fully saturated rings. The van der Waals surface area contributed by atoms with Crippen LogP contribution >= 0.6 is 0 Å². The maximum Gasteiger partial charge on any atom is 0.500 e. The first kappa shape index (κ1) is 33.6. The Morgan fingerprint density at radius 1 is 0.800 bits per heavy atom. The number of esters is 1. The summed E-state index contributed by atoms with van der Waals surface area (Å²) < 4.78 is 36.7. The molecule has 0 aliphatic heterocycles. The second-order valence-electron chi connectivity index (χ2n) is 7.74. The molecule has 0 amide bonds. The number of carbonyl (C=O) groups is 1. The largest absolute Gasteiger partial charge is 0.508 e. The van der Waals surface area contributed by atoms with Crippen LogP contribution in [-0.2, 0) is 31.3 Å². The van der Waals surface area contributed by atoms with Gasteiger partial charge in [0, 0.05) is 54.7 Å². The normalized spacial score (nSPS) is 12.6. The molecule has 35 heavy (non-hydrogen) atoms. The molecule has 0 aromatic heterocycles. The summed E-state index contributed by atoms with van der Waals surface area (Å²) in [7, 11) is 4.70. The number of phenols is 1. The predicted molar refractivity (Wildman–Crippen MR) is 136 cm³/mol. The summed E-state index contributed by atoms with van der Waals surface area (Å²) in [6.45, 7) is 2.08. The Balaban J connectivity index is 0.000000814. The third-order valence-electron chi connectivity index (χ3n) is 5.48. The zero-order valence-corrected chi connectivity index (χ0v) is 24.2. The van der Waals surface area contributed by atoms with E-state index in [4.69, 9.17) is 36.4 Å². The summed E-state index contributed by atoms with van der Waals surface area (Å²) in [5.74, 6) is -0.470. The van der Waals surface area contributed by atoms with Crippen molar-refractivity contribution in [3.05, 3.63) is 29.8 Å². The number of carbonyl (C=O) groups excluding carboxylic acids is 1. The van der Waals surface area contributed by atoms with Crippen molar-refractivity contribution in [1.82, 2.24) is 0 Å². The summed E-state index contributed by atoms with van der Waals surface area (Å²) in [6.07, 6.45) is 3.84. The Bertz CT molecular complexity index is 650. The number of ether oxygens (including phenoxy) is 1. The summed E-state index contributed by atoms with van der Waals surface area (Å²) in [4.78, 5) is 11.8. The fraction of sp³-hybridized carbons (Fsp3) is 0.696. The van der Waals surface area contributed by atoms with Gasteiger partial charge in [-0.25, -0.2) is 4.79 Å². The van der Waals surface area contributed by atoms with Gasteiger partial charge in [0.15, 0.2) is 0 Å². The first-order chi connectivity index (χ1) is 16.7. The van der Waals surface area contributed by atoms with Gasteiger partial charge >= 0.3 is 23.6 Å². The van der Waals surface area contributed by atoms with Crippen LogP contribution in [0.4, 0.5) is 0 Å². The molecule has 0 saturated heterocycles. The molecule has 1 rings (SSSR count). The van der Waals surface area contributed by atoms with Crippen LogP contribution < -0.4 is 0 Å². The van der Waals surface area contributed by atoms with Crippen LogP contribution in [0.25, 0.3) is 0 Å². The van der Waals surface area contributed by atoms with E-state index in [-0.39, 0.29) is 12.4 Å². The van der Waals surface area contributed by atoms with Crippen molar-refractivity contribution in [3.63, 3.8) is 0 Å². The van der Waals surface area contributed by atoms with Crippen molar-refractivity contribution in [2.24, 2.45) is 0 Å². The number of unbranched alkanes of at least 4 members (excludes halogenated alkanes) is 2. The smallest absolute Gasteiger partial charge is 0.500 e. The van der Waals surface area contributed by atoms with Crippen molar-refractivity contribution in [2.45, 2.75) is 57.2 Å². The number of aromatic hydroxyl groups is 1. The van der Waals surface area contributed by atoms with E-state index in [1.54, 1.807) is 21.3 Å². The quantitative estimate of drug-likeness (QED) is 0.173. The van der Waals surface area contributed by atoms with Crippen molar-refractivity contribution >= 4 is 23.6 Å². The van der Waals surface area contributed by atoms with Crippen molar-refractivity contribution in [3.8, 4) is 5.75 Å². The third-order valence-corrected chi connectivity index (χ3v) is 11.1. The van der Waals surface area contributed by atoms with E-state index in [2.05, 4.69) is 6.92 Å². The average molecular weight is 537 g/mol. The van der Waals surface area contributed by atoms with E-state index < -0.39 is 29.7 Å². The van der Waals surface area contributed by atoms with Crippen molar-refractivity contribution in [2.75, 3.05) is 49.3 Å². The van der Waals surface area contributed by atoms with Gasteiger partial charge in [0.1, 0.15) is 12.4 Å². The first-order valence-electron chi connectivity index (χ1n) is 11.7. The van der Waals surface area contributed by atoms with Crippen LogP contribution in [0, 0.1) is 0 Å². The average Bonchev–Trinajstić information content (AvgIpc) is 2.89. The second-order valence-corrected chi connectivity index (χ2v) is 13.9. The van der Waals surface area contributed by atoms with Crippen LogP contribution in [0.2, 0.25) is 12.1 Å². The number of phenolic OH excluding ortho intramolecular Hbond substituents is 1. The van der Waals surface area contributed by atoms with Crippen LogP contribution in [0.5, 0.6) is 5.75 Å². The van der Waals surface area contributed by atoms with Gasteiger partial charge in [0.25, 0.3) is 0 Å². The highest BCUT2D eigenvalue weighted by molar-refractivity contribution is 6.60. The molecule has 0 radical (unpaired) electrons. The van der Waals surface area contributed by atoms with Gasteiger partial charge in [0.2, 0.25) is 0 Å². The molecule has 1 atom stereocenters. The van der Waals surface area contributed by atoms with Crippen molar-refractivity contribution < 1.29 is 46.3 Å². The number of aliphatic hydroxyl groups excluding tert-OH is 1. The molecule has 10 nitrogen and oxygen atoms in total. The minimum Gasteiger partial charge on any atom is -0.508 e. The maximum absolute atomic E-state index is 11.8. The van der Waals surface area contributed by atoms with E-state index in [0.29, 0.717) is 24.4 Å². The topological polar surface area (TPSA) is 122 Å². The molecule has 0 bridgehead atoms. The first-order valence-corrected chi connectivity index (χ1v) is 15.5. The highest BCUT2D eigenvalue weighted by Gasteiger charge is 2.37. The van der Waals surface area contributed by atoms with E-state index in [0.717, 1.165) is 12.5 Å². The molecule has 204 valence electrons. The number of rotatable bonds is 17. The van der Waals surface area contributed by atoms with Crippen LogP contribution in [0.15, 0.2) is 24.3 Å². The highest BCUT2D eigenvalue weighted by atomic mass is 28.4. The predicted octanol–water partition coefficient (Wildman–Crippen LogP) is 3.62. The van der Waals surface area contributed by atoms with Gasteiger partial charge in [-0.2, -0.15) is 0 Å². The molecule has 2 N–H and O–H groups in total. The molecular formula is C23H44O10Si2. The number of aliphatic hydroxyl groups is 1. The fourth-order valence-corrected chi connectivity index (χ4v) is 6.74. The number of hydrogen-bond acceptors (Lipinski definition) is 10. The lowest BCUT2D eigenvalue weighted by Crippen LogP contribution is -2.42. The molecule has 1 aromatic rings. The lowest BCUT2D eigenvalue weighted by Gasteiger charge is -2.24. The molecule has 0 aliphatic rings. The Kier molecular flexibility index (Phi) is 18.1. The zero-order valence-electron chi connectivity index (χ0n) is 22.2. The van der Waals surface area contributed by atoms with E-state index in [1.807, 2.05) is 0 Å². The SMILES string of the molecule is CCCCC[Si](OC)(OC)OC.CO[Si](CCCC(O)COC(=O)c1ccc(O)cc1)(OC)OC. The molecule has 0 spiro atoms. The van der Waals surface area contributed by atoms with E-state index >= 15 is 0 Å². The van der Waals surface area contributed by atoms with Gasteiger partial charge in [-0.15, -0.1) is 0 Å². The van der Waals surface area contributed by atoms with Crippen LogP contribution in [-0.4, -0.2) is 89.2 Å². The number of hydrogen-bond donors (Lipinski definition) is 2. The Morgan fingerprint density at radius 3 is 1.69 bits per heavy atom. The molecular weight excluding hydrogens is 492 g/mol. The maximum atomic E-state index is 11.8. The van der Waals surface area contributed by atoms with Crippen LogP contribution in [0.1, 0.15) is 49.4 Å². The number of benzene rings is 1. The standard InChI is InChI=1S/C15H24O7Si.C8H20O3Si/c1-19-23(20-2,21-3)10-4-5-14(17)11-22-15(18)12-6-8-13(16)9-7-12;1-5-6-7-8-12(9-2,10-3)11-4/h6-9,14,16-17H,4-5,10-11H2,1-3H3;5-8H2,1-4H3. The third kappa shape index (κ3) is 13.0. The van der Waals surface area contributed by atoms with Gasteiger partial charge in [-0.05, 0) is 43.5 Å². The highest BCUT2D eigenvalue weighted by Crippen LogP contribution is 2.18. The molecule has 1 aromatic carbocycles. The van der Waals surface area contributed by atoms with E-state index in [1.165, 1.54) is 58.4 Å². The fourth-order valence-electron chi connectivity index (χ4n) is 3.19. The minimum atomic E-state index is -2.63. The Hall–Kier alpha value is -1.36. The monoisotopic (exact) mass is 536 g/mol. The molecule has 0 heterocycles. The van der Waals surface area contributed by atoms with E-state index in [9.17, 15) is 9.90 Å². The zero-order chi connectivity index (χ0) is 26.7. The van der Waals surface area contributed by atoms with Crippen LogP contribution in [0.3, 0.4) is 0 Å². The Labute approximate surface area is 212 Å². The minimum absolute atomic E-state index is 0.0728. The summed E-state index contributed by atoms with van der Waals surface area (Å²) in [5, 5.41) is 19.0. The summed E-state index contributed by atoms with van der Waals surface area (Å²) in [5.41, 5.74) is 0.319. The van der Waals surface area contributed by atoms with Gasteiger partial charge < -0.3 is 41.5 Å². The molecule has 1 unspecified atom stereocenters. The molecule has 0 saturated carbocycles. The Morgan fingerprint density at radius 2 is 1.26 bits per heavy atom. The summed E-state index contributed by atoms with van der Waals surface area (Å²) in [6, 6.07) is 7.21. The lowest BCUT2D eigenvalue weighted by atomic mass is 10.2. The van der Waals surface area contributed by atoms with Crippen molar-refractivity contribution in [1.29, 1.82) is 0 Å². The molecule has 12 heteroatoms. The van der Waals surface area contributed by atoms with Gasteiger partial charge in [-0.3, -0.25) is 0 Å². The van der Waals surface area contributed by atoms with Gasteiger partial charge in [0.05, 0.1) is 11.7 Å². The summed E-state index contributed by atoms with van der Waals surface area (Å²) >= 11 is 0. The lowest BCUT2D eigenvalue weighted by molar-refractivity contribution is 0.0232. The van der Waals surface area contributed by atoms with Gasteiger partial charge in [-0.1, -0.05) is 19.8 Å². The molecule has 0 aliphatic carbocycles.